The van der Waals surface area contributed by atoms with Crippen LogP contribution < -0.4 is 5.32 Å². The van der Waals surface area contributed by atoms with Crippen LogP contribution in [0, 0.1) is 17.2 Å². The third-order valence-electron chi connectivity index (χ3n) is 4.33. The number of piperidine rings is 1. The summed E-state index contributed by atoms with van der Waals surface area (Å²) in [6.07, 6.45) is 2.77. The molecule has 2 atom stereocenters. The Labute approximate surface area is 125 Å². The molecule has 1 aliphatic rings. The molecule has 3 rings (SSSR count). The zero-order valence-electron chi connectivity index (χ0n) is 12.5. The first kappa shape index (κ1) is 13.8. The number of likely N-dealkylation sites (tertiary alicyclic amines) is 1. The van der Waals surface area contributed by atoms with Crippen molar-refractivity contribution in [2.24, 2.45) is 5.92 Å². The van der Waals surface area contributed by atoms with Gasteiger partial charge in [-0.3, -0.25) is 4.98 Å². The number of nitriles is 1. The third-order valence-corrected chi connectivity index (χ3v) is 4.33. The number of hydrogen-bond acceptors (Lipinski definition) is 4. The van der Waals surface area contributed by atoms with Gasteiger partial charge in [-0.25, -0.2) is 0 Å². The molecule has 2 heterocycles. The Morgan fingerprint density at radius 2 is 2.19 bits per heavy atom. The molecule has 1 aromatic heterocycles. The zero-order chi connectivity index (χ0) is 14.8. The number of para-hydroxylation sites is 1. The van der Waals surface area contributed by atoms with Crippen LogP contribution in [0.1, 0.15) is 18.9 Å². The van der Waals surface area contributed by atoms with Crippen molar-refractivity contribution in [3.8, 4) is 6.07 Å². The summed E-state index contributed by atoms with van der Waals surface area (Å²) in [5.41, 5.74) is 2.49. The molecule has 1 fully saturated rings. The molecule has 0 amide bonds. The molecule has 4 heteroatoms. The fourth-order valence-corrected chi connectivity index (χ4v) is 3.14. The van der Waals surface area contributed by atoms with Crippen molar-refractivity contribution >= 4 is 16.6 Å². The number of aromatic nitrogens is 1. The van der Waals surface area contributed by atoms with E-state index < -0.39 is 0 Å². The minimum atomic E-state index is 0.402. The highest BCUT2D eigenvalue weighted by Gasteiger charge is 2.25. The molecule has 1 aliphatic heterocycles. The fourth-order valence-electron chi connectivity index (χ4n) is 3.14. The van der Waals surface area contributed by atoms with E-state index in [9.17, 15) is 5.26 Å². The highest BCUT2D eigenvalue weighted by molar-refractivity contribution is 5.93. The van der Waals surface area contributed by atoms with E-state index in [1.165, 1.54) is 0 Å². The smallest absolute Gasteiger partial charge is 0.103 e. The van der Waals surface area contributed by atoms with Crippen molar-refractivity contribution in [1.29, 1.82) is 5.26 Å². The molecule has 1 saturated heterocycles. The van der Waals surface area contributed by atoms with E-state index >= 15 is 0 Å². The minimum Gasteiger partial charge on any atom is -0.380 e. The van der Waals surface area contributed by atoms with Crippen LogP contribution in [0.5, 0.6) is 0 Å². The fraction of sp³-hybridized carbons (Fsp3) is 0.412. The number of pyridine rings is 1. The Hall–Kier alpha value is -2.12. The van der Waals surface area contributed by atoms with Crippen LogP contribution >= 0.6 is 0 Å². The highest BCUT2D eigenvalue weighted by Crippen LogP contribution is 2.29. The van der Waals surface area contributed by atoms with Gasteiger partial charge >= 0.3 is 0 Å². The van der Waals surface area contributed by atoms with Crippen molar-refractivity contribution in [3.05, 3.63) is 36.0 Å². The highest BCUT2D eigenvalue weighted by atomic mass is 15.1. The maximum atomic E-state index is 9.38. The van der Waals surface area contributed by atoms with Gasteiger partial charge < -0.3 is 10.2 Å². The average molecular weight is 280 g/mol. The van der Waals surface area contributed by atoms with Gasteiger partial charge in [-0.1, -0.05) is 25.1 Å². The maximum Gasteiger partial charge on any atom is 0.103 e. The topological polar surface area (TPSA) is 52.0 Å². The van der Waals surface area contributed by atoms with Crippen LogP contribution in [0.2, 0.25) is 0 Å². The third kappa shape index (κ3) is 2.70. The van der Waals surface area contributed by atoms with Gasteiger partial charge in [0.15, 0.2) is 0 Å². The second-order valence-corrected chi connectivity index (χ2v) is 5.95. The van der Waals surface area contributed by atoms with Crippen molar-refractivity contribution in [2.75, 3.05) is 25.5 Å². The number of anilines is 1. The molecule has 1 aromatic carbocycles. The normalized spacial score (nSPS) is 22.9. The SMILES string of the molecule is CC1CN(C)CCC1Nc1c(C#N)cnc2ccccc12. The molecule has 0 spiro atoms. The van der Waals surface area contributed by atoms with Crippen LogP contribution in [0.3, 0.4) is 0 Å². The lowest BCUT2D eigenvalue weighted by molar-refractivity contribution is 0.206. The van der Waals surface area contributed by atoms with Gasteiger partial charge in [0.2, 0.25) is 0 Å². The molecule has 2 unspecified atom stereocenters. The van der Waals surface area contributed by atoms with Gasteiger partial charge in [-0.2, -0.15) is 5.26 Å². The number of hydrogen-bond donors (Lipinski definition) is 1. The second-order valence-electron chi connectivity index (χ2n) is 5.95. The van der Waals surface area contributed by atoms with E-state index in [0.29, 0.717) is 17.5 Å². The van der Waals surface area contributed by atoms with E-state index in [4.69, 9.17) is 0 Å². The molecule has 0 bridgehead atoms. The molecular formula is C17H20N4. The Balaban J connectivity index is 1.98. The Morgan fingerprint density at radius 1 is 1.38 bits per heavy atom. The van der Waals surface area contributed by atoms with Crippen LogP contribution in [-0.4, -0.2) is 36.1 Å². The van der Waals surface area contributed by atoms with E-state index in [-0.39, 0.29) is 0 Å². The van der Waals surface area contributed by atoms with Crippen molar-refractivity contribution in [3.63, 3.8) is 0 Å². The Kier molecular flexibility index (Phi) is 3.76. The summed E-state index contributed by atoms with van der Waals surface area (Å²) < 4.78 is 0. The van der Waals surface area contributed by atoms with E-state index in [2.05, 4.69) is 35.2 Å². The monoisotopic (exact) mass is 280 g/mol. The predicted octanol–water partition coefficient (Wildman–Crippen LogP) is 2.86. The number of fused-ring (bicyclic) bond motifs is 1. The summed E-state index contributed by atoms with van der Waals surface area (Å²) in [5, 5.41) is 14.0. The summed E-state index contributed by atoms with van der Waals surface area (Å²) in [6.45, 7) is 4.44. The first-order chi connectivity index (χ1) is 10.2. The minimum absolute atomic E-state index is 0.402. The van der Waals surface area contributed by atoms with E-state index in [1.807, 2.05) is 24.3 Å². The molecule has 21 heavy (non-hydrogen) atoms. The van der Waals surface area contributed by atoms with Gasteiger partial charge in [-0.05, 0) is 32.0 Å². The van der Waals surface area contributed by atoms with Crippen LogP contribution in [-0.2, 0) is 0 Å². The number of benzene rings is 1. The summed E-state index contributed by atoms with van der Waals surface area (Å²) in [4.78, 5) is 6.73. The van der Waals surface area contributed by atoms with E-state index in [1.54, 1.807) is 6.20 Å². The molecular weight excluding hydrogens is 260 g/mol. The summed E-state index contributed by atoms with van der Waals surface area (Å²) in [6, 6.07) is 10.7. The van der Waals surface area contributed by atoms with Gasteiger partial charge in [0.1, 0.15) is 6.07 Å². The second kappa shape index (κ2) is 5.71. The predicted molar refractivity (Wildman–Crippen MR) is 85.1 cm³/mol. The maximum absolute atomic E-state index is 9.38. The standard InChI is InChI=1S/C17H20N4/c1-12-11-21(2)8-7-15(12)20-17-13(9-18)10-19-16-6-4-3-5-14(16)17/h3-6,10,12,15H,7-8,11H2,1-2H3,(H,19,20). The summed E-state index contributed by atoms with van der Waals surface area (Å²) in [7, 11) is 2.16. The van der Waals surface area contributed by atoms with Crippen LogP contribution in [0.25, 0.3) is 10.9 Å². The summed E-state index contributed by atoms with van der Waals surface area (Å²) in [5.74, 6) is 0.558. The number of nitrogens with one attached hydrogen (secondary N) is 1. The zero-order valence-corrected chi connectivity index (χ0v) is 12.5. The molecule has 4 nitrogen and oxygen atoms in total. The van der Waals surface area contributed by atoms with Crippen molar-refractivity contribution in [1.82, 2.24) is 9.88 Å². The van der Waals surface area contributed by atoms with E-state index in [0.717, 1.165) is 36.1 Å². The first-order valence-corrected chi connectivity index (χ1v) is 7.42. The number of nitrogens with zero attached hydrogens (tertiary/aromatic N) is 3. The molecule has 2 aromatic rings. The molecule has 0 radical (unpaired) electrons. The first-order valence-electron chi connectivity index (χ1n) is 7.42. The van der Waals surface area contributed by atoms with Crippen LogP contribution in [0.4, 0.5) is 5.69 Å². The Bertz CT molecular complexity index is 689. The molecule has 108 valence electrons. The van der Waals surface area contributed by atoms with Gasteiger partial charge in [0.05, 0.1) is 16.8 Å². The van der Waals surface area contributed by atoms with Crippen LogP contribution in [0.15, 0.2) is 30.5 Å². The quantitative estimate of drug-likeness (QED) is 0.919. The number of rotatable bonds is 2. The molecule has 0 aliphatic carbocycles. The van der Waals surface area contributed by atoms with Crippen molar-refractivity contribution < 1.29 is 0 Å². The molecule has 1 N–H and O–H groups in total. The average Bonchev–Trinajstić information content (AvgIpc) is 2.50. The lowest BCUT2D eigenvalue weighted by Gasteiger charge is -2.36. The summed E-state index contributed by atoms with van der Waals surface area (Å²) >= 11 is 0. The van der Waals surface area contributed by atoms with Gasteiger partial charge in [0.25, 0.3) is 0 Å². The lowest BCUT2D eigenvalue weighted by Crippen LogP contribution is -2.43. The molecule has 0 saturated carbocycles. The largest absolute Gasteiger partial charge is 0.380 e. The van der Waals surface area contributed by atoms with Gasteiger partial charge in [0, 0.05) is 24.2 Å². The Morgan fingerprint density at radius 3 is 2.95 bits per heavy atom. The lowest BCUT2D eigenvalue weighted by atomic mass is 9.93. The van der Waals surface area contributed by atoms with Crippen molar-refractivity contribution in [2.45, 2.75) is 19.4 Å². The van der Waals surface area contributed by atoms with Gasteiger partial charge in [-0.15, -0.1) is 0 Å².